The van der Waals surface area contributed by atoms with E-state index in [2.05, 4.69) is 20.5 Å². The van der Waals surface area contributed by atoms with Crippen molar-refractivity contribution < 1.29 is 14.3 Å². The van der Waals surface area contributed by atoms with Crippen molar-refractivity contribution in [2.45, 2.75) is 19.3 Å². The van der Waals surface area contributed by atoms with Crippen LogP contribution in [0.4, 0.5) is 5.95 Å². The molecule has 0 saturated heterocycles. The number of amides is 1. The zero-order chi connectivity index (χ0) is 20.8. The van der Waals surface area contributed by atoms with Crippen LogP contribution < -0.4 is 14.8 Å². The zero-order valence-corrected chi connectivity index (χ0v) is 17.5. The second kappa shape index (κ2) is 9.62. The molecule has 0 bridgehead atoms. The van der Waals surface area contributed by atoms with E-state index < -0.39 is 0 Å². The van der Waals surface area contributed by atoms with Crippen LogP contribution in [0.25, 0.3) is 11.4 Å². The Hall–Kier alpha value is -2.77. The van der Waals surface area contributed by atoms with E-state index in [0.29, 0.717) is 52.2 Å². The molecule has 29 heavy (non-hydrogen) atoms. The lowest BCUT2D eigenvalue weighted by Gasteiger charge is -2.07. The summed E-state index contributed by atoms with van der Waals surface area (Å²) in [7, 11) is 3.14. The third kappa shape index (κ3) is 5.40. The Morgan fingerprint density at radius 3 is 2.66 bits per heavy atom. The van der Waals surface area contributed by atoms with E-state index in [9.17, 15) is 4.79 Å². The molecular weight excluding hydrogens is 415 g/mol. The summed E-state index contributed by atoms with van der Waals surface area (Å²) in [4.78, 5) is 16.5. The Labute approximate surface area is 178 Å². The maximum Gasteiger partial charge on any atom is 0.249 e. The Balaban J connectivity index is 1.57. The van der Waals surface area contributed by atoms with E-state index in [1.807, 2.05) is 12.1 Å². The van der Waals surface area contributed by atoms with Crippen LogP contribution in [0.1, 0.15) is 18.4 Å². The van der Waals surface area contributed by atoms with Gasteiger partial charge in [-0.25, -0.2) is 0 Å². The molecule has 2 aromatic carbocycles. The number of aromatic nitrogens is 3. The van der Waals surface area contributed by atoms with Gasteiger partial charge in [-0.2, -0.15) is 4.98 Å². The minimum Gasteiger partial charge on any atom is -0.497 e. The predicted octanol–water partition coefficient (Wildman–Crippen LogP) is 4.76. The topological polar surface area (TPSA) is 89.1 Å². The van der Waals surface area contributed by atoms with Crippen LogP contribution in [-0.4, -0.2) is 35.3 Å². The van der Waals surface area contributed by atoms with Gasteiger partial charge in [-0.1, -0.05) is 29.3 Å². The number of methoxy groups -OCH3 is 2. The van der Waals surface area contributed by atoms with E-state index >= 15 is 0 Å². The second-order valence-electron chi connectivity index (χ2n) is 6.22. The number of nitrogens with zero attached hydrogens (tertiary/aromatic N) is 2. The number of aryl methyl sites for hydroxylation is 1. The van der Waals surface area contributed by atoms with Crippen molar-refractivity contribution >= 4 is 35.1 Å². The number of aromatic amines is 1. The first-order chi connectivity index (χ1) is 14.0. The van der Waals surface area contributed by atoms with Gasteiger partial charge >= 0.3 is 0 Å². The standard InChI is InChI=1S/C20H20Cl2N4O3/c1-28-13-7-8-14(17(11-13)29-2)19-24-20(26-25-19)23-18(27)5-3-4-12-6-9-15(21)16(22)10-12/h6-11H,3-5H2,1-2H3,(H2,23,24,25,26,27). The number of hydrogen-bond acceptors (Lipinski definition) is 5. The first kappa shape index (κ1) is 21.0. The summed E-state index contributed by atoms with van der Waals surface area (Å²) >= 11 is 11.9. The van der Waals surface area contributed by atoms with Gasteiger partial charge in [-0.05, 0) is 42.7 Å². The van der Waals surface area contributed by atoms with Gasteiger partial charge in [0.2, 0.25) is 11.9 Å². The lowest BCUT2D eigenvalue weighted by molar-refractivity contribution is -0.116. The molecule has 0 aliphatic rings. The minimum atomic E-state index is -0.169. The van der Waals surface area contributed by atoms with Gasteiger partial charge in [0.25, 0.3) is 0 Å². The molecule has 3 aromatic rings. The lowest BCUT2D eigenvalue weighted by Crippen LogP contribution is -2.12. The number of anilines is 1. The fourth-order valence-electron chi connectivity index (χ4n) is 2.77. The smallest absolute Gasteiger partial charge is 0.249 e. The average Bonchev–Trinajstić information content (AvgIpc) is 3.18. The van der Waals surface area contributed by atoms with E-state index in [-0.39, 0.29) is 11.9 Å². The molecule has 0 atom stereocenters. The van der Waals surface area contributed by atoms with E-state index in [0.717, 1.165) is 5.56 Å². The van der Waals surface area contributed by atoms with Crippen molar-refractivity contribution in [3.63, 3.8) is 0 Å². The van der Waals surface area contributed by atoms with Crippen molar-refractivity contribution in [1.82, 2.24) is 15.2 Å². The lowest BCUT2D eigenvalue weighted by atomic mass is 10.1. The van der Waals surface area contributed by atoms with Crippen LogP contribution >= 0.6 is 23.2 Å². The molecule has 0 aliphatic carbocycles. The van der Waals surface area contributed by atoms with Gasteiger partial charge < -0.3 is 9.47 Å². The highest BCUT2D eigenvalue weighted by molar-refractivity contribution is 6.42. The normalized spacial score (nSPS) is 10.6. The molecule has 152 valence electrons. The number of H-pyrrole nitrogens is 1. The Morgan fingerprint density at radius 2 is 1.93 bits per heavy atom. The summed E-state index contributed by atoms with van der Waals surface area (Å²) < 4.78 is 10.6. The van der Waals surface area contributed by atoms with Gasteiger partial charge in [0.05, 0.1) is 29.8 Å². The van der Waals surface area contributed by atoms with E-state index in [1.165, 1.54) is 0 Å². The van der Waals surface area contributed by atoms with Crippen molar-refractivity contribution in [1.29, 1.82) is 0 Å². The van der Waals surface area contributed by atoms with E-state index in [1.54, 1.807) is 38.5 Å². The maximum atomic E-state index is 12.2. The highest BCUT2D eigenvalue weighted by Crippen LogP contribution is 2.31. The zero-order valence-electron chi connectivity index (χ0n) is 16.0. The van der Waals surface area contributed by atoms with Crippen molar-refractivity contribution in [3.8, 4) is 22.9 Å². The van der Waals surface area contributed by atoms with Crippen molar-refractivity contribution in [2.75, 3.05) is 19.5 Å². The Kier molecular flexibility index (Phi) is 6.95. The molecule has 0 aliphatic heterocycles. The minimum absolute atomic E-state index is 0.169. The molecule has 9 heteroatoms. The highest BCUT2D eigenvalue weighted by atomic mass is 35.5. The fourth-order valence-corrected chi connectivity index (χ4v) is 3.09. The van der Waals surface area contributed by atoms with Crippen LogP contribution in [0.5, 0.6) is 11.5 Å². The number of carbonyl (C=O) groups excluding carboxylic acids is 1. The Morgan fingerprint density at radius 1 is 1.10 bits per heavy atom. The molecule has 0 radical (unpaired) electrons. The number of halogens is 2. The average molecular weight is 435 g/mol. The van der Waals surface area contributed by atoms with Gasteiger partial charge in [0.1, 0.15) is 11.5 Å². The molecule has 1 amide bonds. The molecule has 7 nitrogen and oxygen atoms in total. The molecule has 2 N–H and O–H groups in total. The van der Waals surface area contributed by atoms with Crippen LogP contribution in [-0.2, 0) is 11.2 Å². The number of ether oxygens (including phenoxy) is 2. The molecule has 0 spiro atoms. The summed E-state index contributed by atoms with van der Waals surface area (Å²) in [5, 5.41) is 10.6. The van der Waals surface area contributed by atoms with Crippen LogP contribution in [0.15, 0.2) is 36.4 Å². The van der Waals surface area contributed by atoms with Crippen molar-refractivity contribution in [3.05, 3.63) is 52.0 Å². The molecular formula is C20H20Cl2N4O3. The highest BCUT2D eigenvalue weighted by Gasteiger charge is 2.13. The van der Waals surface area contributed by atoms with E-state index in [4.69, 9.17) is 32.7 Å². The quantitative estimate of drug-likeness (QED) is 0.533. The van der Waals surface area contributed by atoms with Gasteiger partial charge in [-0.15, -0.1) is 5.10 Å². The molecule has 0 unspecified atom stereocenters. The molecule has 3 rings (SSSR count). The largest absolute Gasteiger partial charge is 0.497 e. The van der Waals surface area contributed by atoms with Gasteiger partial charge in [0, 0.05) is 12.5 Å². The summed E-state index contributed by atoms with van der Waals surface area (Å²) in [6, 6.07) is 10.8. The molecule has 0 fully saturated rings. The summed E-state index contributed by atoms with van der Waals surface area (Å²) in [6.07, 6.45) is 1.70. The predicted molar refractivity (Wildman–Crippen MR) is 113 cm³/mol. The van der Waals surface area contributed by atoms with Crippen molar-refractivity contribution in [2.24, 2.45) is 0 Å². The monoisotopic (exact) mass is 434 g/mol. The SMILES string of the molecule is COc1ccc(-c2nc(NC(=O)CCCc3ccc(Cl)c(Cl)c3)n[nH]2)c(OC)c1. The Bertz CT molecular complexity index is 1010. The first-order valence-corrected chi connectivity index (χ1v) is 9.64. The molecule has 0 saturated carbocycles. The first-order valence-electron chi connectivity index (χ1n) is 8.88. The summed E-state index contributed by atoms with van der Waals surface area (Å²) in [5.41, 5.74) is 1.74. The second-order valence-corrected chi connectivity index (χ2v) is 7.04. The van der Waals surface area contributed by atoms with Crippen LogP contribution in [0, 0.1) is 0 Å². The number of benzene rings is 2. The number of rotatable bonds is 8. The summed E-state index contributed by atoms with van der Waals surface area (Å²) in [5.74, 6) is 1.77. The number of nitrogens with one attached hydrogen (secondary N) is 2. The maximum absolute atomic E-state index is 12.2. The van der Waals surface area contributed by atoms with Gasteiger partial charge in [-0.3, -0.25) is 15.2 Å². The third-order valence-corrected chi connectivity index (χ3v) is 4.99. The fraction of sp³-hybridized carbons (Fsp3) is 0.250. The number of hydrogen-bond donors (Lipinski definition) is 2. The molecule has 1 aromatic heterocycles. The third-order valence-electron chi connectivity index (χ3n) is 4.25. The number of carbonyl (C=O) groups is 1. The van der Waals surface area contributed by atoms with Gasteiger partial charge in [0.15, 0.2) is 5.82 Å². The van der Waals surface area contributed by atoms with Crippen LogP contribution in [0.3, 0.4) is 0 Å². The summed E-state index contributed by atoms with van der Waals surface area (Å²) in [6.45, 7) is 0. The van der Waals surface area contributed by atoms with Crippen LogP contribution in [0.2, 0.25) is 10.0 Å². The molecule has 1 heterocycles.